The summed E-state index contributed by atoms with van der Waals surface area (Å²) >= 11 is 0. The van der Waals surface area contributed by atoms with Crippen LogP contribution < -0.4 is 11.0 Å². The molecule has 0 spiro atoms. The average Bonchev–Trinajstić information content (AvgIpc) is 3.28. The van der Waals surface area contributed by atoms with E-state index < -0.39 is 4.92 Å². The van der Waals surface area contributed by atoms with Gasteiger partial charge in [0.1, 0.15) is 5.82 Å². The molecule has 0 amide bonds. The minimum Gasteiger partial charge on any atom is -0.367 e. The molecule has 1 saturated carbocycles. The Bertz CT molecular complexity index is 780. The van der Waals surface area contributed by atoms with Crippen LogP contribution in [0, 0.1) is 16.0 Å². The van der Waals surface area contributed by atoms with E-state index >= 15 is 0 Å². The van der Waals surface area contributed by atoms with Gasteiger partial charge in [0.2, 0.25) is 0 Å². The van der Waals surface area contributed by atoms with E-state index in [0.29, 0.717) is 22.6 Å². The van der Waals surface area contributed by atoms with Crippen molar-refractivity contribution in [3.05, 3.63) is 38.8 Å². The van der Waals surface area contributed by atoms with Crippen LogP contribution in [0.4, 0.5) is 11.5 Å². The Morgan fingerprint density at radius 1 is 1.48 bits per heavy atom. The van der Waals surface area contributed by atoms with Crippen molar-refractivity contribution in [2.45, 2.75) is 25.8 Å². The van der Waals surface area contributed by atoms with Gasteiger partial charge in [0.25, 0.3) is 5.69 Å². The van der Waals surface area contributed by atoms with Gasteiger partial charge in [-0.1, -0.05) is 0 Å². The first-order valence-corrected chi connectivity index (χ1v) is 6.89. The van der Waals surface area contributed by atoms with Gasteiger partial charge in [-0.05, 0) is 31.7 Å². The smallest absolute Gasteiger partial charge is 0.349 e. The fourth-order valence-electron chi connectivity index (χ4n) is 2.49. The Morgan fingerprint density at radius 3 is 2.81 bits per heavy atom. The largest absolute Gasteiger partial charge is 0.367 e. The predicted octanol–water partition coefficient (Wildman–Crippen LogP) is 2.05. The van der Waals surface area contributed by atoms with Crippen molar-refractivity contribution >= 4 is 22.4 Å². The number of hydrogen-bond acceptors (Lipinski definition) is 5. The second-order valence-corrected chi connectivity index (χ2v) is 5.53. The van der Waals surface area contributed by atoms with Crippen LogP contribution in [0.15, 0.2) is 23.0 Å². The van der Waals surface area contributed by atoms with Gasteiger partial charge in [0.05, 0.1) is 10.4 Å². The van der Waals surface area contributed by atoms with Crippen molar-refractivity contribution in [1.29, 1.82) is 0 Å². The zero-order chi connectivity index (χ0) is 15.1. The van der Waals surface area contributed by atoms with Crippen molar-refractivity contribution in [2.75, 3.05) is 5.32 Å². The fraction of sp³-hybridized carbons (Fsp3) is 0.429. The molecule has 1 aromatic carbocycles. The molecule has 0 radical (unpaired) electrons. The Balaban J connectivity index is 2.15. The number of nitro groups is 1. The molecule has 7 nitrogen and oxygen atoms in total. The molecule has 110 valence electrons. The van der Waals surface area contributed by atoms with Gasteiger partial charge in [-0.25, -0.2) is 4.79 Å². The molecule has 7 heteroatoms. The molecule has 1 aromatic heterocycles. The molecule has 1 atom stereocenters. The maximum Gasteiger partial charge on any atom is 0.349 e. The van der Waals surface area contributed by atoms with Crippen molar-refractivity contribution in [3.63, 3.8) is 0 Å². The number of aryl methyl sites for hydroxylation is 1. The number of nitrogens with one attached hydrogen (secondary N) is 1. The van der Waals surface area contributed by atoms with E-state index in [-0.39, 0.29) is 17.4 Å². The fourth-order valence-corrected chi connectivity index (χ4v) is 2.49. The molecule has 0 aliphatic heterocycles. The summed E-state index contributed by atoms with van der Waals surface area (Å²) in [7, 11) is 1.61. The molecule has 1 unspecified atom stereocenters. The lowest BCUT2D eigenvalue weighted by atomic mass is 10.1. The molecule has 1 aliphatic carbocycles. The average molecular weight is 288 g/mol. The quantitative estimate of drug-likeness (QED) is 0.687. The highest BCUT2D eigenvalue weighted by Gasteiger charge is 2.28. The zero-order valence-electron chi connectivity index (χ0n) is 11.9. The monoisotopic (exact) mass is 288 g/mol. The summed E-state index contributed by atoms with van der Waals surface area (Å²) in [6, 6.07) is 4.65. The third-order valence-corrected chi connectivity index (χ3v) is 4.00. The lowest BCUT2D eigenvalue weighted by molar-refractivity contribution is -0.384. The number of aromatic nitrogens is 2. The standard InChI is InChI=1S/C14H16N4O3/c1-8(9-3-4-9)15-13-11-7-10(18(20)21)5-6-12(11)17(2)14(19)16-13/h5-9H,3-4H2,1-2H3,(H,15,16,19). The van der Waals surface area contributed by atoms with E-state index in [9.17, 15) is 14.9 Å². The Hall–Kier alpha value is -2.44. The maximum absolute atomic E-state index is 11.9. The van der Waals surface area contributed by atoms with E-state index in [0.717, 1.165) is 12.8 Å². The molecule has 1 aliphatic rings. The molecule has 1 N–H and O–H groups in total. The molecular weight excluding hydrogens is 272 g/mol. The van der Waals surface area contributed by atoms with Gasteiger partial charge in [0, 0.05) is 30.6 Å². The minimum atomic E-state index is -0.446. The van der Waals surface area contributed by atoms with Crippen molar-refractivity contribution in [2.24, 2.45) is 13.0 Å². The Labute approximate surface area is 120 Å². The summed E-state index contributed by atoms with van der Waals surface area (Å²) in [6.07, 6.45) is 2.33. The lowest BCUT2D eigenvalue weighted by Crippen LogP contribution is -2.25. The van der Waals surface area contributed by atoms with Gasteiger partial charge in [-0.2, -0.15) is 4.98 Å². The number of benzene rings is 1. The molecular formula is C14H16N4O3. The molecule has 2 aromatic rings. The number of non-ortho nitro benzene ring substituents is 1. The topological polar surface area (TPSA) is 90.1 Å². The van der Waals surface area contributed by atoms with E-state index in [2.05, 4.69) is 10.3 Å². The number of nitrogens with zero attached hydrogens (tertiary/aromatic N) is 3. The molecule has 1 heterocycles. The summed E-state index contributed by atoms with van der Waals surface area (Å²) in [4.78, 5) is 26.4. The summed E-state index contributed by atoms with van der Waals surface area (Å²) in [5.74, 6) is 1.01. The summed E-state index contributed by atoms with van der Waals surface area (Å²) in [5, 5.41) is 14.8. The van der Waals surface area contributed by atoms with Crippen LogP contribution in [-0.2, 0) is 7.05 Å². The van der Waals surface area contributed by atoms with Crippen molar-refractivity contribution in [1.82, 2.24) is 9.55 Å². The first-order chi connectivity index (χ1) is 9.97. The highest BCUT2D eigenvalue weighted by Crippen LogP contribution is 2.34. The van der Waals surface area contributed by atoms with Crippen LogP contribution in [-0.4, -0.2) is 20.5 Å². The molecule has 0 bridgehead atoms. The second-order valence-electron chi connectivity index (χ2n) is 5.53. The summed E-state index contributed by atoms with van der Waals surface area (Å²) < 4.78 is 1.39. The first kappa shape index (κ1) is 13.5. The number of nitro benzene ring substituents is 1. The van der Waals surface area contributed by atoms with E-state index in [1.807, 2.05) is 6.92 Å². The molecule has 3 rings (SSSR count). The number of fused-ring (bicyclic) bond motifs is 1. The van der Waals surface area contributed by atoms with E-state index in [1.54, 1.807) is 13.1 Å². The number of hydrogen-bond donors (Lipinski definition) is 1. The maximum atomic E-state index is 11.9. The third kappa shape index (κ3) is 2.46. The van der Waals surface area contributed by atoms with Crippen LogP contribution in [0.1, 0.15) is 19.8 Å². The third-order valence-electron chi connectivity index (χ3n) is 4.00. The number of anilines is 1. The summed E-state index contributed by atoms with van der Waals surface area (Å²) in [6.45, 7) is 2.04. The van der Waals surface area contributed by atoms with Crippen molar-refractivity contribution < 1.29 is 4.92 Å². The highest BCUT2D eigenvalue weighted by molar-refractivity contribution is 5.91. The highest BCUT2D eigenvalue weighted by atomic mass is 16.6. The van der Waals surface area contributed by atoms with Gasteiger partial charge < -0.3 is 5.32 Å². The van der Waals surface area contributed by atoms with Gasteiger partial charge in [-0.3, -0.25) is 14.7 Å². The minimum absolute atomic E-state index is 0.00919. The van der Waals surface area contributed by atoms with Gasteiger partial charge in [0.15, 0.2) is 0 Å². The van der Waals surface area contributed by atoms with Crippen LogP contribution in [0.5, 0.6) is 0 Å². The van der Waals surface area contributed by atoms with E-state index in [1.165, 1.54) is 16.7 Å². The first-order valence-electron chi connectivity index (χ1n) is 6.89. The zero-order valence-corrected chi connectivity index (χ0v) is 11.9. The molecule has 1 fully saturated rings. The van der Waals surface area contributed by atoms with E-state index in [4.69, 9.17) is 0 Å². The Kier molecular flexibility index (Phi) is 3.12. The van der Waals surface area contributed by atoms with Gasteiger partial charge >= 0.3 is 5.69 Å². The Morgan fingerprint density at radius 2 is 2.19 bits per heavy atom. The van der Waals surface area contributed by atoms with Crippen LogP contribution in [0.25, 0.3) is 10.9 Å². The normalized spacial score (nSPS) is 15.9. The van der Waals surface area contributed by atoms with Crippen LogP contribution in [0.3, 0.4) is 0 Å². The SMILES string of the molecule is CC(Nc1nc(=O)n(C)c2ccc([N+](=O)[O-])cc12)C1CC1. The van der Waals surface area contributed by atoms with Gasteiger partial charge in [-0.15, -0.1) is 0 Å². The molecule has 0 saturated heterocycles. The lowest BCUT2D eigenvalue weighted by Gasteiger charge is -2.16. The van der Waals surface area contributed by atoms with Crippen molar-refractivity contribution in [3.8, 4) is 0 Å². The second kappa shape index (κ2) is 4.83. The van der Waals surface area contributed by atoms with Crippen LogP contribution in [0.2, 0.25) is 0 Å². The molecule has 21 heavy (non-hydrogen) atoms. The van der Waals surface area contributed by atoms with Crippen LogP contribution >= 0.6 is 0 Å². The summed E-state index contributed by atoms with van der Waals surface area (Å²) in [5.41, 5.74) is 0.248. The number of rotatable bonds is 4. The predicted molar refractivity (Wildman–Crippen MR) is 79.4 cm³/mol.